The quantitative estimate of drug-likeness (QED) is 0.503. The minimum absolute atomic E-state index is 0.0671. The van der Waals surface area contributed by atoms with Crippen LogP contribution in [0.5, 0.6) is 23.0 Å². The number of ether oxygens (including phenoxy) is 6. The van der Waals surface area contributed by atoms with Crippen LogP contribution in [0, 0.1) is 5.92 Å². The molecule has 214 valence electrons. The minimum atomic E-state index is -0.594. The average Bonchev–Trinajstić information content (AvgIpc) is 3.65. The summed E-state index contributed by atoms with van der Waals surface area (Å²) in [5.74, 6) is 2.94. The van der Waals surface area contributed by atoms with Gasteiger partial charge in [-0.25, -0.2) is 0 Å². The van der Waals surface area contributed by atoms with Gasteiger partial charge in [-0.2, -0.15) is 0 Å². The van der Waals surface area contributed by atoms with Gasteiger partial charge in [0.15, 0.2) is 28.8 Å². The first kappa shape index (κ1) is 26.7. The number of allylic oxidation sites excluding steroid dienone is 1. The predicted octanol–water partition coefficient (Wildman–Crippen LogP) is 3.24. The van der Waals surface area contributed by atoms with E-state index in [1.165, 1.54) is 0 Å². The number of rotatable bonds is 9. The monoisotopic (exact) mass is 552 g/mol. The number of carbonyl (C=O) groups is 1. The van der Waals surface area contributed by atoms with Crippen molar-refractivity contribution >= 4 is 5.91 Å². The molecule has 4 aliphatic rings. The van der Waals surface area contributed by atoms with Gasteiger partial charge >= 0.3 is 0 Å². The molecule has 0 aromatic heterocycles. The molecular weight excluding hydrogens is 516 g/mol. The number of aliphatic hydroxyl groups excluding tert-OH is 1. The van der Waals surface area contributed by atoms with Crippen molar-refractivity contribution in [2.75, 3.05) is 53.0 Å². The Bertz CT molecular complexity index is 1240. The molecule has 10 nitrogen and oxygen atoms in total. The molecule has 2 aromatic carbocycles. The Labute approximate surface area is 234 Å². The number of aliphatic hydroxyl groups is 1. The number of fused-ring (bicyclic) bond motifs is 2. The molecule has 0 saturated carbocycles. The van der Waals surface area contributed by atoms with Gasteiger partial charge in [0.2, 0.25) is 19.9 Å². The smallest absolute Gasteiger partial charge is 0.288 e. The molecule has 6 rings (SSSR count). The molecule has 0 spiro atoms. The third kappa shape index (κ3) is 5.56. The van der Waals surface area contributed by atoms with Crippen LogP contribution in [0.15, 0.2) is 48.2 Å². The normalized spacial score (nSPS) is 23.6. The molecule has 4 heterocycles. The summed E-state index contributed by atoms with van der Waals surface area (Å²) >= 11 is 0. The second-order valence-electron chi connectivity index (χ2n) is 10.4. The number of hydrogen-bond acceptors (Lipinski definition) is 9. The fraction of sp³-hybridized carbons (Fsp3) is 0.500. The van der Waals surface area contributed by atoms with E-state index in [2.05, 4.69) is 11.0 Å². The molecule has 1 fully saturated rings. The van der Waals surface area contributed by atoms with Crippen LogP contribution in [-0.4, -0.2) is 80.1 Å². The second kappa shape index (κ2) is 12.0. The summed E-state index contributed by atoms with van der Waals surface area (Å²) in [5.41, 5.74) is 2.15. The van der Waals surface area contributed by atoms with Gasteiger partial charge in [0.1, 0.15) is 0 Å². The fourth-order valence-corrected chi connectivity index (χ4v) is 5.82. The number of piperazine rings is 1. The van der Waals surface area contributed by atoms with Crippen LogP contribution in [0.2, 0.25) is 0 Å². The summed E-state index contributed by atoms with van der Waals surface area (Å²) in [6, 6.07) is 11.9. The summed E-state index contributed by atoms with van der Waals surface area (Å²) in [6.07, 6.45) is 2.64. The number of nitrogens with zero attached hydrogens (tertiary/aromatic N) is 2. The van der Waals surface area contributed by atoms with Crippen LogP contribution < -0.4 is 18.9 Å². The van der Waals surface area contributed by atoms with Gasteiger partial charge in [0, 0.05) is 57.8 Å². The molecule has 10 heteroatoms. The summed E-state index contributed by atoms with van der Waals surface area (Å²) in [5, 5.41) is 9.55. The van der Waals surface area contributed by atoms with Gasteiger partial charge in [-0.15, -0.1) is 0 Å². The highest BCUT2D eigenvalue weighted by Gasteiger charge is 2.39. The van der Waals surface area contributed by atoms with Crippen molar-refractivity contribution < 1.29 is 38.3 Å². The van der Waals surface area contributed by atoms with Gasteiger partial charge in [-0.3, -0.25) is 9.69 Å². The Morgan fingerprint density at radius 2 is 1.65 bits per heavy atom. The van der Waals surface area contributed by atoms with E-state index in [0.29, 0.717) is 49.8 Å². The van der Waals surface area contributed by atoms with Crippen molar-refractivity contribution in [3.8, 4) is 23.0 Å². The summed E-state index contributed by atoms with van der Waals surface area (Å²) < 4.78 is 34.3. The van der Waals surface area contributed by atoms with Gasteiger partial charge in [-0.1, -0.05) is 12.1 Å². The molecule has 0 radical (unpaired) electrons. The first-order chi connectivity index (χ1) is 19.6. The zero-order chi connectivity index (χ0) is 27.5. The molecule has 0 aliphatic carbocycles. The number of hydrogen-bond donors (Lipinski definition) is 1. The molecule has 1 saturated heterocycles. The third-order valence-corrected chi connectivity index (χ3v) is 7.91. The molecule has 0 unspecified atom stereocenters. The van der Waals surface area contributed by atoms with Crippen LogP contribution in [-0.2, 0) is 20.8 Å². The first-order valence-corrected chi connectivity index (χ1v) is 14.0. The zero-order valence-electron chi connectivity index (χ0n) is 22.8. The van der Waals surface area contributed by atoms with Crippen LogP contribution in [0.1, 0.15) is 36.8 Å². The zero-order valence-corrected chi connectivity index (χ0v) is 22.8. The highest BCUT2D eigenvalue weighted by atomic mass is 16.7. The molecular formula is C30H36N2O8. The SMILES string of the molecule is CCO[C@@H]1OC(C(=O)N2CCN(Cc3ccc4c(c3)OCO4)CC2)=C[C@H](c2ccc3c(c2)OCO3)[C@@H]1CCCO. The van der Waals surface area contributed by atoms with Gasteiger partial charge in [0.25, 0.3) is 5.91 Å². The van der Waals surface area contributed by atoms with Crippen LogP contribution >= 0.6 is 0 Å². The number of benzene rings is 2. The molecule has 3 atom stereocenters. The van der Waals surface area contributed by atoms with Crippen molar-refractivity contribution in [2.45, 2.75) is 38.5 Å². The van der Waals surface area contributed by atoms with E-state index in [4.69, 9.17) is 28.4 Å². The van der Waals surface area contributed by atoms with E-state index in [-0.39, 0.29) is 37.9 Å². The lowest BCUT2D eigenvalue weighted by Gasteiger charge is -2.39. The van der Waals surface area contributed by atoms with E-state index in [9.17, 15) is 9.90 Å². The predicted molar refractivity (Wildman–Crippen MR) is 144 cm³/mol. The van der Waals surface area contributed by atoms with Crippen molar-refractivity contribution in [2.24, 2.45) is 5.92 Å². The maximum Gasteiger partial charge on any atom is 0.288 e. The lowest BCUT2D eigenvalue weighted by atomic mass is 9.80. The summed E-state index contributed by atoms with van der Waals surface area (Å²) in [7, 11) is 0. The van der Waals surface area contributed by atoms with Crippen molar-refractivity contribution in [3.05, 3.63) is 59.4 Å². The topological polar surface area (TPSA) is 99.2 Å². The van der Waals surface area contributed by atoms with Crippen LogP contribution in [0.25, 0.3) is 0 Å². The van der Waals surface area contributed by atoms with E-state index < -0.39 is 6.29 Å². The Hall–Kier alpha value is -3.47. The van der Waals surface area contributed by atoms with Crippen LogP contribution in [0.3, 0.4) is 0 Å². The third-order valence-electron chi connectivity index (χ3n) is 7.91. The van der Waals surface area contributed by atoms with Crippen LogP contribution in [0.4, 0.5) is 0 Å². The Kier molecular flexibility index (Phi) is 7.99. The van der Waals surface area contributed by atoms with E-state index >= 15 is 0 Å². The highest BCUT2D eigenvalue weighted by molar-refractivity contribution is 5.92. The molecule has 0 bridgehead atoms. The van der Waals surface area contributed by atoms with Crippen molar-refractivity contribution in [1.82, 2.24) is 9.80 Å². The average molecular weight is 553 g/mol. The lowest BCUT2D eigenvalue weighted by molar-refractivity contribution is -0.171. The molecule has 1 N–H and O–H groups in total. The number of carbonyl (C=O) groups excluding carboxylic acids is 1. The van der Waals surface area contributed by atoms with E-state index in [1.54, 1.807) is 0 Å². The fourth-order valence-electron chi connectivity index (χ4n) is 5.82. The maximum atomic E-state index is 13.7. The summed E-state index contributed by atoms with van der Waals surface area (Å²) in [4.78, 5) is 17.9. The van der Waals surface area contributed by atoms with E-state index in [1.807, 2.05) is 48.2 Å². The molecule has 2 aromatic rings. The molecule has 1 amide bonds. The van der Waals surface area contributed by atoms with E-state index in [0.717, 1.165) is 42.3 Å². The first-order valence-electron chi connectivity index (χ1n) is 14.0. The van der Waals surface area contributed by atoms with Gasteiger partial charge < -0.3 is 38.4 Å². The lowest BCUT2D eigenvalue weighted by Crippen LogP contribution is -2.49. The van der Waals surface area contributed by atoms with Gasteiger partial charge in [0.05, 0.1) is 0 Å². The Morgan fingerprint density at radius 1 is 0.950 bits per heavy atom. The molecule has 40 heavy (non-hydrogen) atoms. The standard InChI is InChI=1S/C30H36N2O8/c1-2-35-30-22(4-3-13-33)23(21-6-8-25-27(15-21)39-19-37-25)16-28(40-30)29(34)32-11-9-31(10-12-32)17-20-5-7-24-26(14-20)38-18-36-24/h5-8,14-16,22-23,30,33H,2-4,9-13,17-19H2,1H3/t22-,23+,30+/m0/s1. The molecule has 4 aliphatic heterocycles. The Morgan fingerprint density at radius 3 is 2.38 bits per heavy atom. The largest absolute Gasteiger partial charge is 0.459 e. The summed E-state index contributed by atoms with van der Waals surface area (Å²) in [6.45, 7) is 6.41. The Balaban J connectivity index is 1.17. The second-order valence-corrected chi connectivity index (χ2v) is 10.4. The maximum absolute atomic E-state index is 13.7. The highest BCUT2D eigenvalue weighted by Crippen LogP contribution is 2.43. The van der Waals surface area contributed by atoms with Gasteiger partial charge in [-0.05, 0) is 61.2 Å². The van der Waals surface area contributed by atoms with Crippen molar-refractivity contribution in [3.63, 3.8) is 0 Å². The minimum Gasteiger partial charge on any atom is -0.459 e. The number of amides is 1. The van der Waals surface area contributed by atoms with Crippen molar-refractivity contribution in [1.29, 1.82) is 0 Å².